The molecule has 1 saturated heterocycles. The van der Waals surface area contributed by atoms with Crippen LogP contribution in [0.2, 0.25) is 0 Å². The van der Waals surface area contributed by atoms with Crippen LogP contribution in [-0.4, -0.2) is 41.6 Å². The number of rotatable bonds is 6. The first-order valence-corrected chi connectivity index (χ1v) is 8.28. The van der Waals surface area contributed by atoms with Crippen LogP contribution < -0.4 is 0 Å². The molecule has 1 amide bonds. The molecular formula is C18H23NO4. The van der Waals surface area contributed by atoms with Crippen molar-refractivity contribution in [2.45, 2.75) is 25.8 Å². The van der Waals surface area contributed by atoms with Gasteiger partial charge < -0.3 is 14.7 Å². The van der Waals surface area contributed by atoms with Crippen molar-refractivity contribution in [1.29, 1.82) is 0 Å². The number of carbonyl (C=O) groups is 2. The molecule has 1 aliphatic carbocycles. The molecule has 3 rings (SSSR count). The van der Waals surface area contributed by atoms with Crippen molar-refractivity contribution in [3.05, 3.63) is 35.9 Å². The third-order valence-corrected chi connectivity index (χ3v) is 4.77. The average Bonchev–Trinajstić information content (AvgIpc) is 3.36. The second kappa shape index (κ2) is 7.13. The highest BCUT2D eigenvalue weighted by atomic mass is 16.5. The monoisotopic (exact) mass is 317 g/mol. The van der Waals surface area contributed by atoms with Crippen LogP contribution >= 0.6 is 0 Å². The molecule has 0 spiro atoms. The molecule has 0 aromatic heterocycles. The summed E-state index contributed by atoms with van der Waals surface area (Å²) in [7, 11) is 0. The van der Waals surface area contributed by atoms with Crippen LogP contribution in [0.1, 0.15) is 24.8 Å². The Morgan fingerprint density at radius 1 is 1.13 bits per heavy atom. The van der Waals surface area contributed by atoms with Gasteiger partial charge in [-0.3, -0.25) is 9.59 Å². The number of nitrogens with zero attached hydrogens (tertiary/aromatic N) is 1. The van der Waals surface area contributed by atoms with Gasteiger partial charge in [0.25, 0.3) is 0 Å². The van der Waals surface area contributed by atoms with E-state index in [0.717, 1.165) is 31.6 Å². The predicted molar refractivity (Wildman–Crippen MR) is 84.6 cm³/mol. The quantitative estimate of drug-likeness (QED) is 0.873. The Balaban J connectivity index is 1.67. The normalized spacial score (nSPS) is 24.2. The van der Waals surface area contributed by atoms with Crippen molar-refractivity contribution in [2.75, 3.05) is 19.8 Å². The van der Waals surface area contributed by atoms with Gasteiger partial charge in [0.1, 0.15) is 0 Å². The average molecular weight is 317 g/mol. The summed E-state index contributed by atoms with van der Waals surface area (Å²) in [5, 5.41) is 9.08. The fourth-order valence-electron chi connectivity index (χ4n) is 3.25. The third-order valence-electron chi connectivity index (χ3n) is 4.77. The topological polar surface area (TPSA) is 66.8 Å². The lowest BCUT2D eigenvalue weighted by Crippen LogP contribution is -2.38. The Labute approximate surface area is 136 Å². The molecule has 1 heterocycles. The molecule has 0 unspecified atom stereocenters. The van der Waals surface area contributed by atoms with Crippen molar-refractivity contribution in [1.82, 2.24) is 4.90 Å². The van der Waals surface area contributed by atoms with Gasteiger partial charge in [0.15, 0.2) is 0 Å². The number of carboxylic acids is 1. The molecular weight excluding hydrogens is 294 g/mol. The molecule has 2 atom stereocenters. The smallest absolute Gasteiger partial charge is 0.307 e. The number of benzene rings is 1. The van der Waals surface area contributed by atoms with E-state index in [0.29, 0.717) is 25.4 Å². The molecule has 1 saturated carbocycles. The van der Waals surface area contributed by atoms with Crippen molar-refractivity contribution >= 4 is 11.9 Å². The molecule has 0 radical (unpaired) electrons. The maximum Gasteiger partial charge on any atom is 0.307 e. The zero-order valence-electron chi connectivity index (χ0n) is 13.2. The molecule has 1 aromatic carbocycles. The lowest BCUT2D eigenvalue weighted by Gasteiger charge is -2.30. The minimum absolute atomic E-state index is 0.00672. The number of aliphatic carboxylic acids is 1. The van der Waals surface area contributed by atoms with Gasteiger partial charge in [-0.1, -0.05) is 30.3 Å². The zero-order chi connectivity index (χ0) is 16.2. The third kappa shape index (κ3) is 4.10. The molecule has 1 aromatic rings. The van der Waals surface area contributed by atoms with E-state index in [4.69, 9.17) is 9.84 Å². The maximum atomic E-state index is 12.7. The van der Waals surface area contributed by atoms with E-state index in [2.05, 4.69) is 0 Å². The zero-order valence-corrected chi connectivity index (χ0v) is 13.2. The number of ether oxygens (including phenoxy) is 1. The Bertz CT molecular complexity index is 553. The predicted octanol–water partition coefficient (Wildman–Crippen LogP) is 2.16. The molecule has 5 heteroatoms. The fraction of sp³-hybridized carbons (Fsp3) is 0.556. The van der Waals surface area contributed by atoms with Crippen LogP contribution in [0.3, 0.4) is 0 Å². The van der Waals surface area contributed by atoms with Crippen LogP contribution in [0, 0.1) is 17.8 Å². The minimum Gasteiger partial charge on any atom is -0.481 e. The van der Waals surface area contributed by atoms with Gasteiger partial charge in [-0.05, 0) is 30.7 Å². The van der Waals surface area contributed by atoms with Gasteiger partial charge >= 0.3 is 5.97 Å². The molecule has 124 valence electrons. The molecule has 5 nitrogen and oxygen atoms in total. The van der Waals surface area contributed by atoms with Crippen molar-refractivity contribution in [3.8, 4) is 0 Å². The standard InChI is InChI=1S/C18H23NO4/c20-17(15-10-16(15)18(21)22)19(11-13-4-2-1-3-5-13)12-14-6-8-23-9-7-14/h1-5,14-16H,6-12H2,(H,21,22)/t15-,16+/m1/s1. The Hall–Kier alpha value is -1.88. The second-order valence-corrected chi connectivity index (χ2v) is 6.55. The highest BCUT2D eigenvalue weighted by molar-refractivity contribution is 5.89. The van der Waals surface area contributed by atoms with E-state index in [-0.39, 0.29) is 11.8 Å². The van der Waals surface area contributed by atoms with E-state index >= 15 is 0 Å². The Morgan fingerprint density at radius 2 is 1.83 bits per heavy atom. The highest BCUT2D eigenvalue weighted by Crippen LogP contribution is 2.40. The lowest BCUT2D eigenvalue weighted by atomic mass is 9.99. The largest absolute Gasteiger partial charge is 0.481 e. The summed E-state index contributed by atoms with van der Waals surface area (Å²) >= 11 is 0. The summed E-state index contributed by atoms with van der Waals surface area (Å²) in [6, 6.07) is 9.89. The summed E-state index contributed by atoms with van der Waals surface area (Å²) in [5.74, 6) is -1.24. The van der Waals surface area contributed by atoms with Gasteiger partial charge in [-0.2, -0.15) is 0 Å². The summed E-state index contributed by atoms with van der Waals surface area (Å²) in [4.78, 5) is 25.6. The number of hydrogen-bond donors (Lipinski definition) is 1. The van der Waals surface area contributed by atoms with E-state index in [1.54, 1.807) is 0 Å². The van der Waals surface area contributed by atoms with Crippen LogP contribution in [0.25, 0.3) is 0 Å². The molecule has 2 fully saturated rings. The van der Waals surface area contributed by atoms with Crippen LogP contribution in [0.15, 0.2) is 30.3 Å². The first kappa shape index (κ1) is 16.0. The Morgan fingerprint density at radius 3 is 2.43 bits per heavy atom. The minimum atomic E-state index is -0.853. The van der Waals surface area contributed by atoms with E-state index in [9.17, 15) is 9.59 Å². The van der Waals surface area contributed by atoms with Crippen molar-refractivity contribution in [3.63, 3.8) is 0 Å². The second-order valence-electron chi connectivity index (χ2n) is 6.55. The van der Waals surface area contributed by atoms with E-state index in [1.807, 2.05) is 35.2 Å². The first-order chi connectivity index (χ1) is 11.1. The number of carboxylic acid groups (broad SMARTS) is 1. The summed E-state index contributed by atoms with van der Waals surface area (Å²) in [5.41, 5.74) is 1.08. The van der Waals surface area contributed by atoms with Crippen LogP contribution in [0.4, 0.5) is 0 Å². The summed E-state index contributed by atoms with van der Waals surface area (Å²) in [6.45, 7) is 2.75. The van der Waals surface area contributed by atoms with Gasteiger partial charge in [-0.15, -0.1) is 0 Å². The molecule has 1 N–H and O–H groups in total. The molecule has 0 bridgehead atoms. The van der Waals surface area contributed by atoms with Crippen LogP contribution in [0.5, 0.6) is 0 Å². The van der Waals surface area contributed by atoms with E-state index < -0.39 is 11.9 Å². The first-order valence-electron chi connectivity index (χ1n) is 8.28. The summed E-state index contributed by atoms with van der Waals surface area (Å²) in [6.07, 6.45) is 2.41. The SMILES string of the molecule is O=C(O)[C@H]1C[C@H]1C(=O)N(Cc1ccccc1)CC1CCOCC1. The molecule has 1 aliphatic heterocycles. The number of carbonyl (C=O) groups excluding carboxylic acids is 1. The van der Waals surface area contributed by atoms with E-state index in [1.165, 1.54) is 0 Å². The van der Waals surface area contributed by atoms with Gasteiger partial charge in [0.2, 0.25) is 5.91 Å². The molecule has 2 aliphatic rings. The summed E-state index contributed by atoms with van der Waals surface area (Å²) < 4.78 is 5.39. The van der Waals surface area contributed by atoms with Gasteiger partial charge in [0, 0.05) is 26.3 Å². The maximum absolute atomic E-state index is 12.7. The molecule has 23 heavy (non-hydrogen) atoms. The number of amides is 1. The van der Waals surface area contributed by atoms with Crippen molar-refractivity contribution in [2.24, 2.45) is 17.8 Å². The fourth-order valence-corrected chi connectivity index (χ4v) is 3.25. The van der Waals surface area contributed by atoms with Gasteiger partial charge in [0.05, 0.1) is 11.8 Å². The number of hydrogen-bond acceptors (Lipinski definition) is 3. The highest BCUT2D eigenvalue weighted by Gasteiger charge is 2.49. The van der Waals surface area contributed by atoms with Crippen molar-refractivity contribution < 1.29 is 19.4 Å². The van der Waals surface area contributed by atoms with Crippen LogP contribution in [-0.2, 0) is 20.9 Å². The lowest BCUT2D eigenvalue weighted by molar-refractivity contribution is -0.142. The van der Waals surface area contributed by atoms with Gasteiger partial charge in [-0.25, -0.2) is 0 Å². The Kier molecular flexibility index (Phi) is 4.96.